The molecule has 3 unspecified atom stereocenters. The number of amidine groups is 1. The minimum absolute atomic E-state index is 0.0149. The molecule has 0 spiro atoms. The molecule has 1 aromatic heterocycles. The Hall–Kier alpha value is -1.36. The SMILES string of the molecule is CCC(CC(C)(C)c1cncc(C(C)CC(C)C=N)c1)SC(=N)N. The fraction of sp³-hybridized carbons (Fsp3) is 0.632. The van der Waals surface area contributed by atoms with Crippen LogP contribution in [-0.2, 0) is 5.41 Å². The number of rotatable bonds is 9. The second-order valence-electron chi connectivity index (χ2n) is 7.39. The average Bonchev–Trinajstić information content (AvgIpc) is 2.53. The molecule has 3 atom stereocenters. The number of hydrogen-bond acceptors (Lipinski definition) is 4. The Balaban J connectivity index is 2.93. The molecule has 0 fully saturated rings. The van der Waals surface area contributed by atoms with Crippen LogP contribution in [0.4, 0.5) is 0 Å². The van der Waals surface area contributed by atoms with Crippen molar-refractivity contribution in [2.24, 2.45) is 11.7 Å². The van der Waals surface area contributed by atoms with E-state index in [9.17, 15) is 0 Å². The molecule has 1 heterocycles. The van der Waals surface area contributed by atoms with Crippen LogP contribution in [0.15, 0.2) is 18.5 Å². The van der Waals surface area contributed by atoms with E-state index in [4.69, 9.17) is 16.6 Å². The monoisotopic (exact) mass is 348 g/mol. The zero-order valence-corrected chi connectivity index (χ0v) is 16.4. The summed E-state index contributed by atoms with van der Waals surface area (Å²) in [5, 5.41) is 15.5. The minimum Gasteiger partial charge on any atom is -0.379 e. The van der Waals surface area contributed by atoms with Gasteiger partial charge in [0.15, 0.2) is 5.17 Å². The van der Waals surface area contributed by atoms with Crippen LogP contribution in [0, 0.1) is 16.7 Å². The molecule has 0 aliphatic rings. The van der Waals surface area contributed by atoms with Crippen molar-refractivity contribution in [3.8, 4) is 0 Å². The Labute approximate surface area is 151 Å². The van der Waals surface area contributed by atoms with Gasteiger partial charge in [-0.15, -0.1) is 0 Å². The highest BCUT2D eigenvalue weighted by atomic mass is 32.2. The fourth-order valence-corrected chi connectivity index (χ4v) is 4.02. The summed E-state index contributed by atoms with van der Waals surface area (Å²) in [5.74, 6) is 0.673. The largest absolute Gasteiger partial charge is 0.379 e. The molecule has 4 N–H and O–H groups in total. The average molecular weight is 349 g/mol. The van der Waals surface area contributed by atoms with Crippen LogP contribution in [-0.4, -0.2) is 21.6 Å². The summed E-state index contributed by atoms with van der Waals surface area (Å²) in [6.07, 6.45) is 8.34. The lowest BCUT2D eigenvalue weighted by Crippen LogP contribution is -2.25. The van der Waals surface area contributed by atoms with Crippen molar-refractivity contribution < 1.29 is 0 Å². The van der Waals surface area contributed by atoms with Crippen LogP contribution in [0.2, 0.25) is 0 Å². The van der Waals surface area contributed by atoms with E-state index in [1.54, 1.807) is 0 Å². The third-order valence-electron chi connectivity index (χ3n) is 4.61. The Kier molecular flexibility index (Phi) is 7.94. The number of hydrogen-bond donors (Lipinski definition) is 3. The first-order valence-electron chi connectivity index (χ1n) is 8.66. The van der Waals surface area contributed by atoms with Gasteiger partial charge in [0.25, 0.3) is 0 Å². The van der Waals surface area contributed by atoms with Gasteiger partial charge in [0.2, 0.25) is 0 Å². The van der Waals surface area contributed by atoms with Crippen LogP contribution in [0.5, 0.6) is 0 Å². The van der Waals surface area contributed by atoms with E-state index in [1.165, 1.54) is 29.1 Å². The second kappa shape index (κ2) is 9.21. The van der Waals surface area contributed by atoms with Crippen molar-refractivity contribution in [2.45, 2.75) is 70.5 Å². The number of nitrogens with one attached hydrogen (secondary N) is 2. The summed E-state index contributed by atoms with van der Waals surface area (Å²) in [6, 6.07) is 2.26. The molecule has 0 bridgehead atoms. The lowest BCUT2D eigenvalue weighted by molar-refractivity contribution is 0.463. The highest BCUT2D eigenvalue weighted by molar-refractivity contribution is 8.14. The van der Waals surface area contributed by atoms with Crippen LogP contribution in [0.1, 0.15) is 70.9 Å². The maximum Gasteiger partial charge on any atom is 0.151 e. The third kappa shape index (κ3) is 6.27. The predicted molar refractivity (Wildman–Crippen MR) is 106 cm³/mol. The van der Waals surface area contributed by atoms with Gasteiger partial charge in [-0.2, -0.15) is 0 Å². The maximum atomic E-state index is 7.52. The van der Waals surface area contributed by atoms with Crippen molar-refractivity contribution in [1.82, 2.24) is 4.98 Å². The van der Waals surface area contributed by atoms with Crippen LogP contribution in [0.3, 0.4) is 0 Å². The molecular formula is C19H32N4S. The predicted octanol–water partition coefficient (Wildman–Crippen LogP) is 4.93. The molecule has 0 saturated carbocycles. The molecule has 0 aliphatic heterocycles. The first-order valence-corrected chi connectivity index (χ1v) is 9.54. The highest BCUT2D eigenvalue weighted by Gasteiger charge is 2.26. The quantitative estimate of drug-likeness (QED) is 0.436. The standard InChI is InChI=1S/C19H32N4S/c1-6-17(24-18(21)22)9-19(4,5)16-8-15(11-23-12-16)14(3)7-13(2)10-20/h8,10-14,17,20H,6-7,9H2,1-5H3,(H3,21,22). The first kappa shape index (κ1) is 20.7. The van der Waals surface area contributed by atoms with Crippen molar-refractivity contribution in [3.05, 3.63) is 29.6 Å². The van der Waals surface area contributed by atoms with Gasteiger partial charge in [-0.1, -0.05) is 52.4 Å². The zero-order valence-electron chi connectivity index (χ0n) is 15.6. The molecule has 1 aromatic rings. The van der Waals surface area contributed by atoms with Gasteiger partial charge in [0, 0.05) is 17.6 Å². The molecule has 134 valence electrons. The van der Waals surface area contributed by atoms with Gasteiger partial charge >= 0.3 is 0 Å². The molecule has 5 heteroatoms. The lowest BCUT2D eigenvalue weighted by atomic mass is 9.79. The Morgan fingerprint density at radius 1 is 1.38 bits per heavy atom. The number of aromatic nitrogens is 1. The Bertz CT molecular complexity index is 556. The summed E-state index contributed by atoms with van der Waals surface area (Å²) in [5.41, 5.74) is 8.02. The number of thioether (sulfide) groups is 1. The number of nitrogens with zero attached hydrogens (tertiary/aromatic N) is 1. The van der Waals surface area contributed by atoms with Gasteiger partial charge in [0.1, 0.15) is 0 Å². The van der Waals surface area contributed by atoms with Gasteiger partial charge in [-0.25, -0.2) is 0 Å². The van der Waals surface area contributed by atoms with E-state index in [-0.39, 0.29) is 16.5 Å². The molecule has 0 aliphatic carbocycles. The van der Waals surface area contributed by atoms with E-state index in [2.05, 4.69) is 45.7 Å². The summed E-state index contributed by atoms with van der Waals surface area (Å²) in [6.45, 7) is 10.9. The highest BCUT2D eigenvalue weighted by Crippen LogP contribution is 2.35. The minimum atomic E-state index is -0.0149. The van der Waals surface area contributed by atoms with E-state index in [0.29, 0.717) is 11.2 Å². The zero-order chi connectivity index (χ0) is 18.3. The molecular weight excluding hydrogens is 316 g/mol. The Morgan fingerprint density at radius 2 is 2.04 bits per heavy atom. The summed E-state index contributed by atoms with van der Waals surface area (Å²) < 4.78 is 0. The van der Waals surface area contributed by atoms with Crippen LogP contribution < -0.4 is 5.73 Å². The van der Waals surface area contributed by atoms with Gasteiger partial charge in [-0.3, -0.25) is 10.4 Å². The third-order valence-corrected chi connectivity index (χ3v) is 5.69. The second-order valence-corrected chi connectivity index (χ2v) is 8.73. The Morgan fingerprint density at radius 3 is 2.58 bits per heavy atom. The van der Waals surface area contributed by atoms with E-state index < -0.39 is 0 Å². The molecule has 24 heavy (non-hydrogen) atoms. The summed E-state index contributed by atoms with van der Waals surface area (Å²) >= 11 is 1.46. The maximum absolute atomic E-state index is 7.52. The van der Waals surface area contributed by atoms with E-state index in [1.807, 2.05) is 12.4 Å². The molecule has 1 rings (SSSR count). The van der Waals surface area contributed by atoms with Crippen LogP contribution >= 0.6 is 11.8 Å². The van der Waals surface area contributed by atoms with Gasteiger partial charge in [-0.05, 0) is 53.9 Å². The molecule has 0 aromatic carbocycles. The smallest absolute Gasteiger partial charge is 0.151 e. The van der Waals surface area contributed by atoms with E-state index >= 15 is 0 Å². The number of nitrogens with two attached hydrogens (primary N) is 1. The topological polar surface area (TPSA) is 86.6 Å². The molecule has 0 radical (unpaired) electrons. The number of pyridine rings is 1. The van der Waals surface area contributed by atoms with Crippen molar-refractivity contribution >= 4 is 23.1 Å². The van der Waals surface area contributed by atoms with Crippen LogP contribution in [0.25, 0.3) is 0 Å². The lowest BCUT2D eigenvalue weighted by Gasteiger charge is -2.30. The fourth-order valence-electron chi connectivity index (χ4n) is 3.00. The molecule has 0 saturated heterocycles. The summed E-state index contributed by atoms with van der Waals surface area (Å²) in [7, 11) is 0. The van der Waals surface area contributed by atoms with Crippen molar-refractivity contribution in [2.75, 3.05) is 0 Å². The van der Waals surface area contributed by atoms with Crippen molar-refractivity contribution in [3.63, 3.8) is 0 Å². The molecule has 0 amide bonds. The van der Waals surface area contributed by atoms with Gasteiger partial charge < -0.3 is 11.1 Å². The first-order chi connectivity index (χ1) is 11.2. The molecule has 4 nitrogen and oxygen atoms in total. The van der Waals surface area contributed by atoms with Crippen molar-refractivity contribution in [1.29, 1.82) is 10.8 Å². The van der Waals surface area contributed by atoms with E-state index in [0.717, 1.165) is 19.3 Å². The van der Waals surface area contributed by atoms with Gasteiger partial charge in [0.05, 0.1) is 0 Å². The normalized spacial score (nSPS) is 15.5. The summed E-state index contributed by atoms with van der Waals surface area (Å²) in [4.78, 5) is 4.47.